The van der Waals surface area contributed by atoms with Gasteiger partial charge in [0.15, 0.2) is 16.6 Å². The lowest BCUT2D eigenvalue weighted by molar-refractivity contribution is 0.305. The molecule has 32 heavy (non-hydrogen) atoms. The van der Waals surface area contributed by atoms with Crippen LogP contribution in [0, 0.1) is 0 Å². The van der Waals surface area contributed by atoms with Crippen molar-refractivity contribution in [2.24, 2.45) is 0 Å². The van der Waals surface area contributed by atoms with E-state index in [9.17, 15) is 0 Å². The van der Waals surface area contributed by atoms with Crippen LogP contribution in [-0.2, 0) is 25.9 Å². The molecule has 0 atom stereocenters. The van der Waals surface area contributed by atoms with E-state index in [2.05, 4.69) is 38.8 Å². The second kappa shape index (κ2) is 8.20. The molecule has 0 saturated carbocycles. The van der Waals surface area contributed by atoms with E-state index in [1.807, 2.05) is 30.3 Å². The van der Waals surface area contributed by atoms with E-state index >= 15 is 0 Å². The number of aromatic nitrogens is 5. The van der Waals surface area contributed by atoms with Crippen LogP contribution >= 0.6 is 11.3 Å². The minimum Gasteiger partial charge on any atom is -0.489 e. The predicted octanol–water partition coefficient (Wildman–Crippen LogP) is 5.12. The van der Waals surface area contributed by atoms with Crippen LogP contribution in [0.5, 0.6) is 5.75 Å². The number of hydrogen-bond acceptors (Lipinski definition) is 7. The Morgan fingerprint density at radius 2 is 1.94 bits per heavy atom. The molecular formula is C24H21N5O2S. The molecule has 3 aromatic heterocycles. The van der Waals surface area contributed by atoms with Crippen molar-refractivity contribution in [2.75, 3.05) is 0 Å². The number of aryl methyl sites for hydroxylation is 2. The molecule has 0 aliphatic heterocycles. The van der Waals surface area contributed by atoms with Gasteiger partial charge in [-0.3, -0.25) is 0 Å². The van der Waals surface area contributed by atoms with Gasteiger partial charge >= 0.3 is 0 Å². The van der Waals surface area contributed by atoms with Gasteiger partial charge in [-0.05, 0) is 61.1 Å². The van der Waals surface area contributed by atoms with Crippen LogP contribution in [0.1, 0.15) is 40.4 Å². The molecule has 2 aromatic carbocycles. The molecule has 0 amide bonds. The molecule has 0 fully saturated rings. The third-order valence-electron chi connectivity index (χ3n) is 5.79. The first-order valence-corrected chi connectivity index (χ1v) is 11.6. The van der Waals surface area contributed by atoms with Crippen molar-refractivity contribution < 1.29 is 9.15 Å². The Hall–Kier alpha value is -3.52. The van der Waals surface area contributed by atoms with Crippen LogP contribution in [-0.4, -0.2) is 25.6 Å². The zero-order chi connectivity index (χ0) is 21.3. The summed E-state index contributed by atoms with van der Waals surface area (Å²) in [6.45, 7) is 0.462. The maximum atomic E-state index is 6.12. The van der Waals surface area contributed by atoms with Gasteiger partial charge in [0.2, 0.25) is 0 Å². The molecule has 6 rings (SSSR count). The van der Waals surface area contributed by atoms with Crippen LogP contribution in [0.25, 0.3) is 21.7 Å². The Morgan fingerprint density at radius 3 is 2.81 bits per heavy atom. The van der Waals surface area contributed by atoms with Crippen molar-refractivity contribution in [3.63, 3.8) is 0 Å². The van der Waals surface area contributed by atoms with Crippen LogP contribution in [0.4, 0.5) is 0 Å². The average molecular weight is 444 g/mol. The van der Waals surface area contributed by atoms with Gasteiger partial charge in [-0.1, -0.05) is 29.5 Å². The van der Waals surface area contributed by atoms with Gasteiger partial charge in [0.25, 0.3) is 0 Å². The third-order valence-corrected chi connectivity index (χ3v) is 6.97. The SMILES string of the molecule is c1ccc(Cc2nn[nH]n2)c(COc2ccc3oc(-c4nc5c(s4)CCCC5)cc3c2)c1. The maximum absolute atomic E-state index is 6.12. The second-order valence-corrected chi connectivity index (χ2v) is 9.05. The van der Waals surface area contributed by atoms with E-state index in [1.165, 1.54) is 23.4 Å². The number of hydrogen-bond donors (Lipinski definition) is 1. The molecule has 0 bridgehead atoms. The van der Waals surface area contributed by atoms with Crippen molar-refractivity contribution >= 4 is 22.3 Å². The number of rotatable bonds is 6. The van der Waals surface area contributed by atoms with Crippen LogP contribution in [0.3, 0.4) is 0 Å². The lowest BCUT2D eigenvalue weighted by Crippen LogP contribution is -2.02. The molecule has 7 nitrogen and oxygen atoms in total. The van der Waals surface area contributed by atoms with Crippen molar-refractivity contribution in [3.05, 3.63) is 76.1 Å². The van der Waals surface area contributed by atoms with E-state index in [4.69, 9.17) is 14.1 Å². The highest BCUT2D eigenvalue weighted by Gasteiger charge is 2.18. The van der Waals surface area contributed by atoms with Crippen molar-refractivity contribution in [2.45, 2.75) is 38.7 Å². The molecule has 1 aliphatic carbocycles. The van der Waals surface area contributed by atoms with Gasteiger partial charge in [0.1, 0.15) is 17.9 Å². The monoisotopic (exact) mass is 443 g/mol. The van der Waals surface area contributed by atoms with Gasteiger partial charge in [0.05, 0.1) is 5.69 Å². The molecule has 1 aliphatic rings. The Kier molecular flexibility index (Phi) is 4.92. The summed E-state index contributed by atoms with van der Waals surface area (Å²) < 4.78 is 12.2. The number of aromatic amines is 1. The van der Waals surface area contributed by atoms with E-state index in [1.54, 1.807) is 11.3 Å². The Balaban J connectivity index is 1.21. The van der Waals surface area contributed by atoms with E-state index in [-0.39, 0.29) is 0 Å². The fourth-order valence-corrected chi connectivity index (χ4v) is 5.24. The first kappa shape index (κ1) is 19.2. The Morgan fingerprint density at radius 1 is 1.03 bits per heavy atom. The number of nitrogens with one attached hydrogen (secondary N) is 1. The summed E-state index contributed by atoms with van der Waals surface area (Å²) in [7, 11) is 0. The Bertz CT molecular complexity index is 1350. The highest BCUT2D eigenvalue weighted by Crippen LogP contribution is 2.36. The Labute approximate surface area is 188 Å². The molecule has 0 saturated heterocycles. The summed E-state index contributed by atoms with van der Waals surface area (Å²) in [5.41, 5.74) is 4.31. The van der Waals surface area contributed by atoms with Gasteiger partial charge in [-0.2, -0.15) is 5.21 Å². The number of nitrogens with zero attached hydrogens (tertiary/aromatic N) is 4. The first-order valence-electron chi connectivity index (χ1n) is 10.8. The van der Waals surface area contributed by atoms with Gasteiger partial charge in [-0.15, -0.1) is 21.5 Å². The highest BCUT2D eigenvalue weighted by atomic mass is 32.1. The van der Waals surface area contributed by atoms with Crippen molar-refractivity contribution in [3.8, 4) is 16.5 Å². The summed E-state index contributed by atoms with van der Waals surface area (Å²) in [6.07, 6.45) is 5.32. The summed E-state index contributed by atoms with van der Waals surface area (Å²) in [6, 6.07) is 16.2. The topological polar surface area (TPSA) is 89.7 Å². The minimum absolute atomic E-state index is 0.462. The largest absolute Gasteiger partial charge is 0.489 e. The predicted molar refractivity (Wildman–Crippen MR) is 122 cm³/mol. The van der Waals surface area contributed by atoms with Crippen LogP contribution < -0.4 is 4.74 Å². The summed E-state index contributed by atoms with van der Waals surface area (Å²) >= 11 is 1.77. The van der Waals surface area contributed by atoms with Crippen LogP contribution in [0.15, 0.2) is 52.9 Å². The summed E-state index contributed by atoms with van der Waals surface area (Å²) in [5.74, 6) is 2.30. The minimum atomic E-state index is 0.462. The first-order chi connectivity index (χ1) is 15.8. The standard InChI is InChI=1S/C24H21N5O2S/c1-2-6-16(15(5-1)13-23-26-28-29-27-23)14-30-18-9-10-20-17(11-18)12-21(31-20)24-25-19-7-3-4-8-22(19)32-24/h1-2,5-6,9-12H,3-4,7-8,13-14H2,(H,26,27,28,29). The van der Waals surface area contributed by atoms with E-state index in [0.29, 0.717) is 18.9 Å². The zero-order valence-electron chi connectivity index (χ0n) is 17.4. The zero-order valence-corrected chi connectivity index (χ0v) is 18.2. The highest BCUT2D eigenvalue weighted by molar-refractivity contribution is 7.15. The second-order valence-electron chi connectivity index (χ2n) is 7.97. The smallest absolute Gasteiger partial charge is 0.178 e. The molecule has 3 heterocycles. The van der Waals surface area contributed by atoms with Gasteiger partial charge in [-0.25, -0.2) is 4.98 Å². The number of benzene rings is 2. The molecular weight excluding hydrogens is 422 g/mol. The van der Waals surface area contributed by atoms with Crippen molar-refractivity contribution in [1.82, 2.24) is 25.6 Å². The molecule has 160 valence electrons. The number of tetrazole rings is 1. The lowest BCUT2D eigenvalue weighted by Gasteiger charge is -2.10. The number of fused-ring (bicyclic) bond motifs is 2. The molecule has 0 spiro atoms. The quantitative estimate of drug-likeness (QED) is 0.392. The normalized spacial score (nSPS) is 13.4. The number of thiazole rings is 1. The molecule has 5 aromatic rings. The van der Waals surface area contributed by atoms with Gasteiger partial charge < -0.3 is 9.15 Å². The number of H-pyrrole nitrogens is 1. The lowest BCUT2D eigenvalue weighted by atomic mass is 10.0. The molecule has 0 radical (unpaired) electrons. The van der Waals surface area contributed by atoms with E-state index in [0.717, 1.165) is 51.5 Å². The fourth-order valence-electron chi connectivity index (χ4n) is 4.13. The van der Waals surface area contributed by atoms with Gasteiger partial charge in [0, 0.05) is 16.7 Å². The molecule has 1 N–H and O–H groups in total. The maximum Gasteiger partial charge on any atom is 0.178 e. The molecule has 8 heteroatoms. The third kappa shape index (κ3) is 3.78. The average Bonchev–Trinajstić information content (AvgIpc) is 3.57. The number of ether oxygens (including phenoxy) is 1. The summed E-state index contributed by atoms with van der Waals surface area (Å²) in [4.78, 5) is 6.24. The van der Waals surface area contributed by atoms with Crippen molar-refractivity contribution in [1.29, 1.82) is 0 Å². The van der Waals surface area contributed by atoms with Crippen LogP contribution in [0.2, 0.25) is 0 Å². The summed E-state index contributed by atoms with van der Waals surface area (Å²) in [5, 5.41) is 16.2. The fraction of sp³-hybridized carbons (Fsp3) is 0.250. The molecule has 0 unspecified atom stereocenters. The van der Waals surface area contributed by atoms with E-state index < -0.39 is 0 Å². The number of furan rings is 1.